The summed E-state index contributed by atoms with van der Waals surface area (Å²) in [4.78, 5) is 38.9. The van der Waals surface area contributed by atoms with E-state index in [1.807, 2.05) is 48.4 Å². The van der Waals surface area contributed by atoms with Crippen molar-refractivity contribution in [3.05, 3.63) is 66.1 Å². The Morgan fingerprint density at radius 2 is 1.61 bits per heavy atom. The maximum atomic E-state index is 14.0. The summed E-state index contributed by atoms with van der Waals surface area (Å²) < 4.78 is 0. The Balaban J connectivity index is 0.00000304. The van der Waals surface area contributed by atoms with Crippen LogP contribution in [0.15, 0.2) is 55.0 Å². The Morgan fingerprint density at radius 1 is 0.972 bits per heavy atom. The molecular weight excluding hydrogens is 474 g/mol. The van der Waals surface area contributed by atoms with Crippen molar-refractivity contribution >= 4 is 35.1 Å². The van der Waals surface area contributed by atoms with E-state index in [0.717, 1.165) is 48.3 Å². The van der Waals surface area contributed by atoms with Gasteiger partial charge in [-0.3, -0.25) is 14.6 Å². The predicted molar refractivity (Wildman–Crippen MR) is 144 cm³/mol. The van der Waals surface area contributed by atoms with Gasteiger partial charge in [-0.25, -0.2) is 0 Å². The molecule has 2 fully saturated rings. The lowest BCUT2D eigenvalue weighted by atomic mass is 9.78. The SMILES string of the molecule is CN1CCC(C2CCN(C(=O)[C@](C)(NC(=O)c3ccc4cc[nH]c4c3)c3ccncc3)CC2)CC1.Cl. The van der Waals surface area contributed by atoms with E-state index in [0.29, 0.717) is 11.5 Å². The van der Waals surface area contributed by atoms with Crippen LogP contribution in [0.25, 0.3) is 10.9 Å². The summed E-state index contributed by atoms with van der Waals surface area (Å²) in [5.41, 5.74) is 0.981. The summed E-state index contributed by atoms with van der Waals surface area (Å²) in [6, 6.07) is 11.2. The number of carbonyl (C=O) groups is 2. The minimum Gasteiger partial charge on any atom is -0.361 e. The van der Waals surface area contributed by atoms with E-state index in [1.165, 1.54) is 25.9 Å². The molecule has 0 aliphatic carbocycles. The van der Waals surface area contributed by atoms with E-state index in [-0.39, 0.29) is 24.2 Å². The van der Waals surface area contributed by atoms with Crippen molar-refractivity contribution in [2.24, 2.45) is 11.8 Å². The van der Waals surface area contributed by atoms with Crippen LogP contribution in [0.2, 0.25) is 0 Å². The Morgan fingerprint density at radius 3 is 2.28 bits per heavy atom. The van der Waals surface area contributed by atoms with Crippen molar-refractivity contribution in [3.63, 3.8) is 0 Å². The van der Waals surface area contributed by atoms with Gasteiger partial charge in [-0.1, -0.05) is 6.07 Å². The van der Waals surface area contributed by atoms with E-state index in [1.54, 1.807) is 18.5 Å². The summed E-state index contributed by atoms with van der Waals surface area (Å²) in [5.74, 6) is 1.12. The second-order valence-electron chi connectivity index (χ2n) is 10.4. The van der Waals surface area contributed by atoms with E-state index >= 15 is 0 Å². The number of rotatable bonds is 5. The van der Waals surface area contributed by atoms with Crippen LogP contribution in [-0.2, 0) is 10.3 Å². The fraction of sp³-hybridized carbons (Fsp3) is 0.464. The molecule has 2 aliphatic heterocycles. The fourth-order valence-corrected chi connectivity index (χ4v) is 5.81. The molecule has 1 aromatic carbocycles. The number of carbonyl (C=O) groups excluding carboxylic acids is 2. The first-order chi connectivity index (χ1) is 16.9. The molecule has 2 aliphatic rings. The van der Waals surface area contributed by atoms with Crippen LogP contribution in [0.4, 0.5) is 0 Å². The first-order valence-corrected chi connectivity index (χ1v) is 12.7. The van der Waals surface area contributed by atoms with Crippen molar-refractivity contribution < 1.29 is 9.59 Å². The fourth-order valence-electron chi connectivity index (χ4n) is 5.81. The molecule has 36 heavy (non-hydrogen) atoms. The zero-order chi connectivity index (χ0) is 24.4. The molecule has 7 nitrogen and oxygen atoms in total. The number of aromatic amines is 1. The van der Waals surface area contributed by atoms with Gasteiger partial charge in [-0.05, 0) is 106 Å². The van der Waals surface area contributed by atoms with Gasteiger partial charge in [0, 0.05) is 42.8 Å². The summed E-state index contributed by atoms with van der Waals surface area (Å²) in [7, 11) is 2.20. The third-order valence-corrected chi connectivity index (χ3v) is 8.12. The van der Waals surface area contributed by atoms with Crippen molar-refractivity contribution in [3.8, 4) is 0 Å². The molecule has 0 radical (unpaired) electrons. The highest BCUT2D eigenvalue weighted by Crippen LogP contribution is 2.34. The smallest absolute Gasteiger partial charge is 0.252 e. The van der Waals surface area contributed by atoms with Crippen LogP contribution in [0, 0.1) is 11.8 Å². The summed E-state index contributed by atoms with van der Waals surface area (Å²) in [6.07, 6.45) is 9.77. The maximum Gasteiger partial charge on any atom is 0.252 e. The summed E-state index contributed by atoms with van der Waals surface area (Å²) in [6.45, 7) is 5.63. The molecule has 8 heteroatoms. The molecule has 5 rings (SSSR count). The Labute approximate surface area is 219 Å². The molecule has 1 atom stereocenters. The third-order valence-electron chi connectivity index (χ3n) is 8.12. The van der Waals surface area contributed by atoms with E-state index in [2.05, 4.69) is 27.2 Å². The number of hydrogen-bond acceptors (Lipinski definition) is 4. The number of benzene rings is 1. The van der Waals surface area contributed by atoms with Gasteiger partial charge >= 0.3 is 0 Å². The van der Waals surface area contributed by atoms with Gasteiger partial charge in [-0.2, -0.15) is 0 Å². The van der Waals surface area contributed by atoms with Gasteiger partial charge in [0.25, 0.3) is 11.8 Å². The summed E-state index contributed by atoms with van der Waals surface area (Å²) in [5, 5.41) is 4.13. The third kappa shape index (κ3) is 5.27. The number of piperidine rings is 2. The van der Waals surface area contributed by atoms with E-state index in [4.69, 9.17) is 0 Å². The van der Waals surface area contributed by atoms with Crippen LogP contribution < -0.4 is 5.32 Å². The predicted octanol–water partition coefficient (Wildman–Crippen LogP) is 4.21. The number of halogens is 1. The normalized spacial score (nSPS) is 19.4. The number of H-pyrrole nitrogens is 1. The van der Waals surface area contributed by atoms with Gasteiger partial charge < -0.3 is 20.1 Å². The number of amides is 2. The van der Waals surface area contributed by atoms with Crippen LogP contribution in [0.5, 0.6) is 0 Å². The van der Waals surface area contributed by atoms with Crippen LogP contribution in [-0.4, -0.2) is 64.8 Å². The largest absolute Gasteiger partial charge is 0.361 e. The van der Waals surface area contributed by atoms with Crippen LogP contribution in [0.1, 0.15) is 48.5 Å². The Kier molecular flexibility index (Phi) is 8.00. The maximum absolute atomic E-state index is 14.0. The zero-order valence-corrected chi connectivity index (χ0v) is 21.9. The standard InChI is InChI=1S/C28H35N5O2.ClH/c1-28(24-6-12-29-13-7-24,31-26(34)23-4-3-22-5-14-30-25(22)19-23)27(35)33-17-10-21(11-18-33)20-8-15-32(2)16-9-20;/h3-7,12-14,19-21,30H,8-11,15-18H2,1-2H3,(H,31,34);1H/t28-;/m1./s1. The molecule has 192 valence electrons. The molecule has 0 unspecified atom stereocenters. The topological polar surface area (TPSA) is 81.3 Å². The second-order valence-corrected chi connectivity index (χ2v) is 10.4. The van der Waals surface area contributed by atoms with Gasteiger partial charge in [0.1, 0.15) is 5.54 Å². The monoisotopic (exact) mass is 509 g/mol. The lowest BCUT2D eigenvalue weighted by Crippen LogP contribution is -2.57. The molecule has 4 heterocycles. The van der Waals surface area contributed by atoms with E-state index < -0.39 is 5.54 Å². The second kappa shape index (κ2) is 11.0. The van der Waals surface area contributed by atoms with Crippen molar-refractivity contribution in [1.82, 2.24) is 25.1 Å². The highest BCUT2D eigenvalue weighted by Gasteiger charge is 2.42. The number of pyridine rings is 1. The van der Waals surface area contributed by atoms with Crippen molar-refractivity contribution in [1.29, 1.82) is 0 Å². The van der Waals surface area contributed by atoms with Crippen LogP contribution in [0.3, 0.4) is 0 Å². The lowest BCUT2D eigenvalue weighted by Gasteiger charge is -2.42. The number of likely N-dealkylation sites (tertiary alicyclic amines) is 2. The molecule has 3 aromatic rings. The van der Waals surface area contributed by atoms with Gasteiger partial charge in [-0.15, -0.1) is 12.4 Å². The van der Waals surface area contributed by atoms with Crippen molar-refractivity contribution in [2.45, 2.75) is 38.1 Å². The number of fused-ring (bicyclic) bond motifs is 1. The average molecular weight is 510 g/mol. The first-order valence-electron chi connectivity index (χ1n) is 12.7. The molecule has 2 amide bonds. The number of hydrogen-bond donors (Lipinski definition) is 2. The number of nitrogens with one attached hydrogen (secondary N) is 2. The molecule has 2 saturated heterocycles. The van der Waals surface area contributed by atoms with Gasteiger partial charge in [0.05, 0.1) is 0 Å². The Hall–Kier alpha value is -2.90. The highest BCUT2D eigenvalue weighted by atomic mass is 35.5. The molecule has 2 aromatic heterocycles. The minimum absolute atomic E-state index is 0. The summed E-state index contributed by atoms with van der Waals surface area (Å²) >= 11 is 0. The van der Waals surface area contributed by atoms with Crippen LogP contribution >= 0.6 is 12.4 Å². The lowest BCUT2D eigenvalue weighted by molar-refractivity contribution is -0.139. The quantitative estimate of drug-likeness (QED) is 0.540. The highest BCUT2D eigenvalue weighted by molar-refractivity contribution is 6.01. The van der Waals surface area contributed by atoms with Crippen molar-refractivity contribution in [2.75, 3.05) is 33.2 Å². The van der Waals surface area contributed by atoms with E-state index in [9.17, 15) is 9.59 Å². The molecule has 2 N–H and O–H groups in total. The molecule has 0 spiro atoms. The first kappa shape index (κ1) is 26.2. The molecular formula is C28H36ClN5O2. The van der Waals surface area contributed by atoms with Gasteiger partial charge in [0.2, 0.25) is 0 Å². The number of nitrogens with zero attached hydrogens (tertiary/aromatic N) is 3. The number of aromatic nitrogens is 2. The molecule has 0 saturated carbocycles. The Bertz CT molecular complexity index is 1180. The molecule has 0 bridgehead atoms. The average Bonchev–Trinajstić information content (AvgIpc) is 3.37. The zero-order valence-electron chi connectivity index (χ0n) is 21.1. The minimum atomic E-state index is -1.18. The van der Waals surface area contributed by atoms with Gasteiger partial charge in [0.15, 0.2) is 0 Å².